The van der Waals surface area contributed by atoms with Crippen molar-refractivity contribution in [2.45, 2.75) is 20.0 Å². The Morgan fingerprint density at radius 2 is 2.23 bits per heavy atom. The second-order valence-electron chi connectivity index (χ2n) is 2.85. The van der Waals surface area contributed by atoms with E-state index in [0.717, 1.165) is 4.47 Å². The predicted molar refractivity (Wildman–Crippen MR) is 52.5 cm³/mol. The first-order chi connectivity index (χ1) is 6.09. The topological polar surface area (TPSA) is 39.2 Å². The molecule has 1 aromatic heterocycles. The molecule has 0 aliphatic rings. The van der Waals surface area contributed by atoms with Crippen LogP contribution in [0, 0.1) is 0 Å². The lowest BCUT2D eigenvalue weighted by Crippen LogP contribution is -2.11. The fourth-order valence-electron chi connectivity index (χ4n) is 0.806. The average Bonchev–Trinajstić information content (AvgIpc) is 2.03. The van der Waals surface area contributed by atoms with Crippen LogP contribution < -0.4 is 0 Å². The van der Waals surface area contributed by atoms with E-state index in [1.807, 2.05) is 13.8 Å². The van der Waals surface area contributed by atoms with Crippen LogP contribution in [0.15, 0.2) is 22.9 Å². The lowest BCUT2D eigenvalue weighted by Gasteiger charge is -2.07. The van der Waals surface area contributed by atoms with E-state index in [2.05, 4.69) is 20.9 Å². The van der Waals surface area contributed by atoms with Gasteiger partial charge in [-0.3, -0.25) is 4.98 Å². The Bertz CT molecular complexity index is 312. The highest BCUT2D eigenvalue weighted by molar-refractivity contribution is 9.10. The molecule has 0 amide bonds. The summed E-state index contributed by atoms with van der Waals surface area (Å²) in [7, 11) is 0. The molecule has 70 valence electrons. The highest BCUT2D eigenvalue weighted by Gasteiger charge is 2.09. The molecule has 0 saturated heterocycles. The Morgan fingerprint density at radius 1 is 1.54 bits per heavy atom. The SMILES string of the molecule is CC(C)OC(=O)c1cncc(Br)c1. The van der Waals surface area contributed by atoms with E-state index >= 15 is 0 Å². The van der Waals surface area contributed by atoms with E-state index in [9.17, 15) is 4.79 Å². The van der Waals surface area contributed by atoms with Gasteiger partial charge >= 0.3 is 5.97 Å². The summed E-state index contributed by atoms with van der Waals surface area (Å²) < 4.78 is 5.76. The van der Waals surface area contributed by atoms with Gasteiger partial charge in [0.15, 0.2) is 0 Å². The highest BCUT2D eigenvalue weighted by Crippen LogP contribution is 2.10. The second-order valence-corrected chi connectivity index (χ2v) is 3.76. The average molecular weight is 244 g/mol. The second kappa shape index (κ2) is 4.37. The first kappa shape index (κ1) is 10.2. The number of nitrogens with zero attached hydrogens (tertiary/aromatic N) is 1. The third-order valence-electron chi connectivity index (χ3n) is 1.28. The minimum Gasteiger partial charge on any atom is -0.459 e. The van der Waals surface area contributed by atoms with Gasteiger partial charge in [0.2, 0.25) is 0 Å². The molecule has 4 heteroatoms. The third-order valence-corrected chi connectivity index (χ3v) is 1.72. The Hall–Kier alpha value is -0.900. The van der Waals surface area contributed by atoms with Crippen molar-refractivity contribution in [2.75, 3.05) is 0 Å². The van der Waals surface area contributed by atoms with E-state index in [-0.39, 0.29) is 12.1 Å². The van der Waals surface area contributed by atoms with Crippen LogP contribution in [-0.4, -0.2) is 17.1 Å². The van der Waals surface area contributed by atoms with Gasteiger partial charge in [0, 0.05) is 16.9 Å². The Balaban J connectivity index is 2.77. The molecule has 0 aliphatic heterocycles. The summed E-state index contributed by atoms with van der Waals surface area (Å²) in [6.45, 7) is 3.62. The number of pyridine rings is 1. The van der Waals surface area contributed by atoms with Crippen molar-refractivity contribution >= 4 is 21.9 Å². The van der Waals surface area contributed by atoms with E-state index in [1.165, 1.54) is 6.20 Å². The van der Waals surface area contributed by atoms with Gasteiger partial charge in [0.05, 0.1) is 11.7 Å². The summed E-state index contributed by atoms with van der Waals surface area (Å²) in [5, 5.41) is 0. The van der Waals surface area contributed by atoms with Crippen LogP contribution in [0.25, 0.3) is 0 Å². The van der Waals surface area contributed by atoms with Gasteiger partial charge in [-0.1, -0.05) is 0 Å². The molecule has 1 heterocycles. The molecular formula is C9H10BrNO2. The zero-order valence-corrected chi connectivity index (χ0v) is 9.04. The standard InChI is InChI=1S/C9H10BrNO2/c1-6(2)13-9(12)7-3-8(10)5-11-4-7/h3-6H,1-2H3. The van der Waals surface area contributed by atoms with Crippen LogP contribution in [0.4, 0.5) is 0 Å². The molecule has 3 nitrogen and oxygen atoms in total. The molecule has 0 aliphatic carbocycles. The highest BCUT2D eigenvalue weighted by atomic mass is 79.9. The molecule has 0 radical (unpaired) electrons. The minimum atomic E-state index is -0.344. The third kappa shape index (κ3) is 3.14. The van der Waals surface area contributed by atoms with Crippen molar-refractivity contribution in [2.24, 2.45) is 0 Å². The smallest absolute Gasteiger partial charge is 0.339 e. The maximum absolute atomic E-state index is 11.3. The number of ether oxygens (including phenoxy) is 1. The van der Waals surface area contributed by atoms with Crippen LogP contribution in [0.3, 0.4) is 0 Å². The van der Waals surface area contributed by atoms with Crippen LogP contribution >= 0.6 is 15.9 Å². The zero-order chi connectivity index (χ0) is 9.84. The summed E-state index contributed by atoms with van der Waals surface area (Å²) in [5.41, 5.74) is 0.461. The fraction of sp³-hybridized carbons (Fsp3) is 0.333. The maximum atomic E-state index is 11.3. The number of aromatic nitrogens is 1. The fourth-order valence-corrected chi connectivity index (χ4v) is 1.17. The molecule has 0 N–H and O–H groups in total. The van der Waals surface area contributed by atoms with E-state index in [4.69, 9.17) is 4.74 Å². The van der Waals surface area contributed by atoms with Crippen molar-refractivity contribution < 1.29 is 9.53 Å². The number of carbonyl (C=O) groups excluding carboxylic acids is 1. The Morgan fingerprint density at radius 3 is 2.77 bits per heavy atom. The summed E-state index contributed by atoms with van der Waals surface area (Å²) in [6.07, 6.45) is 2.99. The van der Waals surface area contributed by atoms with Crippen LogP contribution in [0.1, 0.15) is 24.2 Å². The normalized spacial score (nSPS) is 10.2. The van der Waals surface area contributed by atoms with Crippen LogP contribution in [-0.2, 0) is 4.74 Å². The largest absolute Gasteiger partial charge is 0.459 e. The van der Waals surface area contributed by atoms with Crippen molar-refractivity contribution in [1.29, 1.82) is 0 Å². The molecule has 0 atom stereocenters. The van der Waals surface area contributed by atoms with Crippen molar-refractivity contribution in [3.63, 3.8) is 0 Å². The van der Waals surface area contributed by atoms with Gasteiger partial charge in [0.25, 0.3) is 0 Å². The van der Waals surface area contributed by atoms with Gasteiger partial charge in [-0.2, -0.15) is 0 Å². The molecule has 0 bridgehead atoms. The Kier molecular flexibility index (Phi) is 3.42. The Labute approximate surface area is 85.3 Å². The molecule has 13 heavy (non-hydrogen) atoms. The lowest BCUT2D eigenvalue weighted by molar-refractivity contribution is 0.0377. The maximum Gasteiger partial charge on any atom is 0.339 e. The van der Waals surface area contributed by atoms with Crippen molar-refractivity contribution in [1.82, 2.24) is 4.98 Å². The molecule has 0 unspecified atom stereocenters. The number of halogens is 1. The predicted octanol–water partition coefficient (Wildman–Crippen LogP) is 2.41. The van der Waals surface area contributed by atoms with Crippen LogP contribution in [0.2, 0.25) is 0 Å². The molecule has 0 fully saturated rings. The van der Waals surface area contributed by atoms with Gasteiger partial charge in [-0.05, 0) is 35.8 Å². The van der Waals surface area contributed by atoms with E-state index < -0.39 is 0 Å². The molecular weight excluding hydrogens is 234 g/mol. The molecule has 0 spiro atoms. The van der Waals surface area contributed by atoms with Gasteiger partial charge in [0.1, 0.15) is 0 Å². The van der Waals surface area contributed by atoms with E-state index in [0.29, 0.717) is 5.56 Å². The summed E-state index contributed by atoms with van der Waals surface area (Å²) in [4.78, 5) is 15.2. The summed E-state index contributed by atoms with van der Waals surface area (Å²) in [5.74, 6) is -0.344. The van der Waals surface area contributed by atoms with Crippen molar-refractivity contribution in [3.05, 3.63) is 28.5 Å². The molecule has 0 saturated carbocycles. The van der Waals surface area contributed by atoms with Crippen molar-refractivity contribution in [3.8, 4) is 0 Å². The van der Waals surface area contributed by atoms with Gasteiger partial charge in [-0.25, -0.2) is 4.79 Å². The molecule has 1 aromatic rings. The minimum absolute atomic E-state index is 0.105. The summed E-state index contributed by atoms with van der Waals surface area (Å²) in [6, 6.07) is 1.68. The van der Waals surface area contributed by atoms with Gasteiger partial charge in [-0.15, -0.1) is 0 Å². The quantitative estimate of drug-likeness (QED) is 0.750. The first-order valence-corrected chi connectivity index (χ1v) is 4.70. The van der Waals surface area contributed by atoms with Gasteiger partial charge < -0.3 is 4.74 Å². The summed E-state index contributed by atoms with van der Waals surface area (Å²) >= 11 is 3.23. The number of hydrogen-bond acceptors (Lipinski definition) is 3. The number of carbonyl (C=O) groups is 1. The van der Waals surface area contributed by atoms with E-state index in [1.54, 1.807) is 12.3 Å². The molecule has 0 aromatic carbocycles. The molecule has 1 rings (SSSR count). The first-order valence-electron chi connectivity index (χ1n) is 3.91. The monoisotopic (exact) mass is 243 g/mol. The van der Waals surface area contributed by atoms with Crippen LogP contribution in [0.5, 0.6) is 0 Å². The number of esters is 1. The number of hydrogen-bond donors (Lipinski definition) is 0. The lowest BCUT2D eigenvalue weighted by atomic mass is 10.3. The number of rotatable bonds is 2. The zero-order valence-electron chi connectivity index (χ0n) is 7.45.